The number of nitrogens with zero attached hydrogens (tertiary/aromatic N) is 2. The van der Waals surface area contributed by atoms with Gasteiger partial charge in [-0.2, -0.15) is 0 Å². The number of ether oxygens (including phenoxy) is 1. The van der Waals surface area contributed by atoms with E-state index in [0.29, 0.717) is 12.1 Å². The Kier molecular flexibility index (Phi) is 5.65. The first-order chi connectivity index (χ1) is 13.1. The Morgan fingerprint density at radius 3 is 2.70 bits per heavy atom. The minimum atomic E-state index is -0.856. The SMILES string of the molecule is COc1ccc(CCN2C(=O)N[C@@H](CC(=O)Nc3cccnc3)C2=O)cc1. The standard InChI is InChI=1S/C19H20N4O4/c1-27-15-6-4-13(5-7-15)8-10-23-18(25)16(22-19(23)26)11-17(24)21-14-3-2-9-20-12-14/h2-7,9,12,16H,8,10-11H2,1H3,(H,21,24)(H,22,26)/t16-/m0/s1. The molecule has 0 unspecified atom stereocenters. The number of hydrogen-bond donors (Lipinski definition) is 2. The first kappa shape index (κ1) is 18.4. The largest absolute Gasteiger partial charge is 0.497 e. The van der Waals surface area contributed by atoms with E-state index in [1.807, 2.05) is 24.3 Å². The lowest BCUT2D eigenvalue weighted by Gasteiger charge is -2.13. The van der Waals surface area contributed by atoms with Crippen molar-refractivity contribution in [1.29, 1.82) is 0 Å². The summed E-state index contributed by atoms with van der Waals surface area (Å²) in [7, 11) is 1.59. The minimum absolute atomic E-state index is 0.126. The van der Waals surface area contributed by atoms with Crippen LogP contribution < -0.4 is 15.4 Å². The number of hydrogen-bond acceptors (Lipinski definition) is 5. The Hall–Kier alpha value is -3.42. The lowest BCUT2D eigenvalue weighted by Crippen LogP contribution is -2.34. The van der Waals surface area contributed by atoms with E-state index in [9.17, 15) is 14.4 Å². The number of nitrogens with one attached hydrogen (secondary N) is 2. The van der Waals surface area contributed by atoms with Crippen molar-refractivity contribution in [2.24, 2.45) is 0 Å². The van der Waals surface area contributed by atoms with Crippen molar-refractivity contribution < 1.29 is 19.1 Å². The van der Waals surface area contributed by atoms with Gasteiger partial charge in [-0.1, -0.05) is 12.1 Å². The van der Waals surface area contributed by atoms with E-state index in [-0.39, 0.29) is 18.9 Å². The number of methoxy groups -OCH3 is 1. The molecule has 0 bridgehead atoms. The summed E-state index contributed by atoms with van der Waals surface area (Å²) in [4.78, 5) is 41.7. The molecule has 1 aromatic carbocycles. The van der Waals surface area contributed by atoms with Gasteiger partial charge in [-0.25, -0.2) is 4.79 Å². The number of pyridine rings is 1. The highest BCUT2D eigenvalue weighted by molar-refractivity contribution is 6.06. The van der Waals surface area contributed by atoms with Gasteiger partial charge in [0.05, 0.1) is 25.4 Å². The van der Waals surface area contributed by atoms with Crippen LogP contribution in [0, 0.1) is 0 Å². The highest BCUT2D eigenvalue weighted by Gasteiger charge is 2.38. The number of aromatic nitrogens is 1. The molecule has 140 valence electrons. The zero-order chi connectivity index (χ0) is 19.2. The summed E-state index contributed by atoms with van der Waals surface area (Å²) in [5.41, 5.74) is 1.52. The Morgan fingerprint density at radius 1 is 1.26 bits per heavy atom. The molecular weight excluding hydrogens is 348 g/mol. The molecule has 4 amide bonds. The number of amides is 4. The van der Waals surface area contributed by atoms with Crippen LogP contribution in [0.2, 0.25) is 0 Å². The minimum Gasteiger partial charge on any atom is -0.497 e. The fourth-order valence-electron chi connectivity index (χ4n) is 2.79. The molecule has 1 fully saturated rings. The molecular formula is C19H20N4O4. The third kappa shape index (κ3) is 4.60. The van der Waals surface area contributed by atoms with Crippen LogP contribution >= 0.6 is 0 Å². The summed E-state index contributed by atoms with van der Waals surface area (Å²) < 4.78 is 5.10. The van der Waals surface area contributed by atoms with Crippen LogP contribution in [0.15, 0.2) is 48.8 Å². The third-order valence-electron chi connectivity index (χ3n) is 4.22. The van der Waals surface area contributed by atoms with Crippen LogP contribution in [0.1, 0.15) is 12.0 Å². The van der Waals surface area contributed by atoms with E-state index in [0.717, 1.165) is 16.2 Å². The lowest BCUT2D eigenvalue weighted by atomic mass is 10.1. The second-order valence-corrected chi connectivity index (χ2v) is 6.08. The summed E-state index contributed by atoms with van der Waals surface area (Å²) >= 11 is 0. The summed E-state index contributed by atoms with van der Waals surface area (Å²) in [6.45, 7) is 0.248. The molecule has 1 aromatic heterocycles. The van der Waals surface area contributed by atoms with E-state index in [1.54, 1.807) is 25.4 Å². The number of urea groups is 1. The number of benzene rings is 1. The van der Waals surface area contributed by atoms with Crippen molar-refractivity contribution in [3.05, 3.63) is 54.4 Å². The van der Waals surface area contributed by atoms with Gasteiger partial charge in [-0.15, -0.1) is 0 Å². The highest BCUT2D eigenvalue weighted by Crippen LogP contribution is 2.15. The molecule has 1 aliphatic heterocycles. The molecule has 0 aliphatic carbocycles. The molecule has 1 aliphatic rings. The van der Waals surface area contributed by atoms with Crippen LogP contribution in [0.5, 0.6) is 5.75 Å². The van der Waals surface area contributed by atoms with Crippen LogP contribution in [0.3, 0.4) is 0 Å². The highest BCUT2D eigenvalue weighted by atomic mass is 16.5. The van der Waals surface area contributed by atoms with Crippen LogP contribution in [-0.2, 0) is 16.0 Å². The van der Waals surface area contributed by atoms with E-state index >= 15 is 0 Å². The maximum atomic E-state index is 12.5. The summed E-state index contributed by atoms with van der Waals surface area (Å²) in [6, 6.07) is 9.48. The molecule has 27 heavy (non-hydrogen) atoms. The summed E-state index contributed by atoms with van der Waals surface area (Å²) in [5, 5.41) is 5.22. The molecule has 3 rings (SSSR count). The maximum Gasteiger partial charge on any atom is 0.324 e. The fraction of sp³-hybridized carbons (Fsp3) is 0.263. The Labute approximate surface area is 156 Å². The maximum absolute atomic E-state index is 12.5. The number of imide groups is 1. The summed E-state index contributed by atoms with van der Waals surface area (Å²) in [6.07, 6.45) is 3.50. The molecule has 0 spiro atoms. The topological polar surface area (TPSA) is 101 Å². The monoisotopic (exact) mass is 368 g/mol. The lowest BCUT2D eigenvalue weighted by molar-refractivity contribution is -0.129. The second-order valence-electron chi connectivity index (χ2n) is 6.08. The van der Waals surface area contributed by atoms with E-state index in [2.05, 4.69) is 15.6 Å². The third-order valence-corrected chi connectivity index (χ3v) is 4.22. The van der Waals surface area contributed by atoms with Gasteiger partial charge in [0.25, 0.3) is 5.91 Å². The normalized spacial score (nSPS) is 16.2. The van der Waals surface area contributed by atoms with Crippen LogP contribution in [0.25, 0.3) is 0 Å². The molecule has 1 atom stereocenters. The fourth-order valence-corrected chi connectivity index (χ4v) is 2.79. The first-order valence-electron chi connectivity index (χ1n) is 8.51. The molecule has 2 heterocycles. The number of anilines is 1. The van der Waals surface area contributed by atoms with E-state index < -0.39 is 18.0 Å². The second kappa shape index (κ2) is 8.31. The van der Waals surface area contributed by atoms with Gasteiger partial charge < -0.3 is 15.4 Å². The van der Waals surface area contributed by atoms with Crippen molar-refractivity contribution in [2.45, 2.75) is 18.9 Å². The average Bonchev–Trinajstić information content (AvgIpc) is 2.94. The summed E-state index contributed by atoms with van der Waals surface area (Å²) in [5.74, 6) is -0.0121. The van der Waals surface area contributed by atoms with Gasteiger partial charge >= 0.3 is 6.03 Å². The van der Waals surface area contributed by atoms with E-state index in [4.69, 9.17) is 4.74 Å². The predicted octanol–water partition coefficient (Wildman–Crippen LogP) is 1.58. The quantitative estimate of drug-likeness (QED) is 0.723. The van der Waals surface area contributed by atoms with Crippen LogP contribution in [-0.4, -0.2) is 47.4 Å². The Morgan fingerprint density at radius 2 is 2.04 bits per heavy atom. The molecule has 0 saturated carbocycles. The van der Waals surface area contributed by atoms with Crippen molar-refractivity contribution in [1.82, 2.24) is 15.2 Å². The van der Waals surface area contributed by atoms with Crippen molar-refractivity contribution in [3.8, 4) is 5.75 Å². The number of carbonyl (C=O) groups is 3. The number of carbonyl (C=O) groups excluding carboxylic acids is 3. The molecule has 0 radical (unpaired) electrons. The predicted molar refractivity (Wildman–Crippen MR) is 98.2 cm³/mol. The zero-order valence-electron chi connectivity index (χ0n) is 14.8. The first-order valence-corrected chi connectivity index (χ1v) is 8.51. The van der Waals surface area contributed by atoms with Gasteiger partial charge in [0.1, 0.15) is 11.8 Å². The average molecular weight is 368 g/mol. The van der Waals surface area contributed by atoms with Crippen molar-refractivity contribution in [2.75, 3.05) is 19.0 Å². The van der Waals surface area contributed by atoms with Gasteiger partial charge in [0.2, 0.25) is 5.91 Å². The van der Waals surface area contributed by atoms with Crippen molar-refractivity contribution in [3.63, 3.8) is 0 Å². The Balaban J connectivity index is 1.53. The van der Waals surface area contributed by atoms with Gasteiger partial charge in [-0.05, 0) is 36.2 Å². The molecule has 8 nitrogen and oxygen atoms in total. The van der Waals surface area contributed by atoms with Gasteiger partial charge in [0.15, 0.2) is 0 Å². The molecule has 2 aromatic rings. The molecule has 2 N–H and O–H groups in total. The Bertz CT molecular complexity index is 823. The van der Waals surface area contributed by atoms with E-state index in [1.165, 1.54) is 6.20 Å². The van der Waals surface area contributed by atoms with Crippen LogP contribution in [0.4, 0.5) is 10.5 Å². The van der Waals surface area contributed by atoms with Crippen molar-refractivity contribution >= 4 is 23.5 Å². The van der Waals surface area contributed by atoms with Gasteiger partial charge in [-0.3, -0.25) is 19.5 Å². The van der Waals surface area contributed by atoms with Gasteiger partial charge in [0, 0.05) is 12.7 Å². The molecule has 8 heteroatoms. The number of rotatable bonds is 7. The molecule has 1 saturated heterocycles. The smallest absolute Gasteiger partial charge is 0.324 e. The zero-order valence-corrected chi connectivity index (χ0v) is 14.8.